The van der Waals surface area contributed by atoms with Gasteiger partial charge >= 0.3 is 11.9 Å². The number of hydrogen-bond donors (Lipinski definition) is 4. The molecule has 2 atom stereocenters. The van der Waals surface area contributed by atoms with E-state index in [0.29, 0.717) is 38.5 Å². The van der Waals surface area contributed by atoms with Gasteiger partial charge in [-0.25, -0.2) is 0 Å². The normalized spacial score (nSPS) is 13.1. The molecule has 0 rings (SSSR count). The van der Waals surface area contributed by atoms with Crippen molar-refractivity contribution in [2.45, 2.75) is 63.9 Å². The second-order valence-electron chi connectivity index (χ2n) is 6.03. The van der Waals surface area contributed by atoms with Gasteiger partial charge in [-0.15, -0.1) is 0 Å². The van der Waals surface area contributed by atoms with Crippen molar-refractivity contribution in [3.8, 4) is 0 Å². The van der Waals surface area contributed by atoms with Gasteiger partial charge in [0.25, 0.3) is 0 Å². The van der Waals surface area contributed by atoms with E-state index in [4.69, 9.17) is 29.2 Å². The topological polar surface area (TPSA) is 152 Å². The predicted molar refractivity (Wildman–Crippen MR) is 96.9 cm³/mol. The van der Waals surface area contributed by atoms with E-state index in [1.807, 2.05) is 0 Å². The van der Waals surface area contributed by atoms with Crippen molar-refractivity contribution >= 4 is 11.9 Å². The standard InChI is InChI=1S/C18H34O10/c19-9-13-27-17(23)7-3-11-25-15(21)5-1-2-6-16(22)26-12-4-8-18(24)28-14-10-20/h17-20,23-24H,1-14H2. The van der Waals surface area contributed by atoms with Crippen LogP contribution in [0.1, 0.15) is 51.4 Å². The molecule has 0 aromatic rings. The predicted octanol–water partition coefficient (Wildman–Crippen LogP) is -0.152. The van der Waals surface area contributed by atoms with E-state index in [0.717, 1.165) is 0 Å². The van der Waals surface area contributed by atoms with E-state index < -0.39 is 12.6 Å². The molecule has 0 bridgehead atoms. The van der Waals surface area contributed by atoms with Gasteiger partial charge in [0.1, 0.15) is 0 Å². The van der Waals surface area contributed by atoms with E-state index >= 15 is 0 Å². The average molecular weight is 410 g/mol. The number of aliphatic hydroxyl groups is 4. The van der Waals surface area contributed by atoms with Crippen LogP contribution in [0, 0.1) is 0 Å². The Kier molecular flexibility index (Phi) is 18.2. The third-order valence-corrected chi connectivity index (χ3v) is 3.53. The monoisotopic (exact) mass is 410 g/mol. The van der Waals surface area contributed by atoms with Crippen molar-refractivity contribution in [2.24, 2.45) is 0 Å². The molecule has 166 valence electrons. The molecule has 0 heterocycles. The maximum atomic E-state index is 11.5. The van der Waals surface area contributed by atoms with Crippen LogP contribution < -0.4 is 0 Å². The van der Waals surface area contributed by atoms with Gasteiger partial charge < -0.3 is 39.4 Å². The zero-order chi connectivity index (χ0) is 21.0. The second kappa shape index (κ2) is 19.0. The number of hydrogen-bond acceptors (Lipinski definition) is 10. The van der Waals surface area contributed by atoms with Gasteiger partial charge in [0.2, 0.25) is 0 Å². The fourth-order valence-corrected chi connectivity index (χ4v) is 2.12. The molecule has 10 heteroatoms. The first-order valence-corrected chi connectivity index (χ1v) is 9.62. The molecular weight excluding hydrogens is 376 g/mol. The van der Waals surface area contributed by atoms with Gasteiger partial charge in [-0.1, -0.05) is 0 Å². The van der Waals surface area contributed by atoms with Crippen molar-refractivity contribution in [1.29, 1.82) is 0 Å². The molecule has 0 aromatic carbocycles. The average Bonchev–Trinajstić information content (AvgIpc) is 2.68. The SMILES string of the molecule is O=C(CCCCC(=O)OCCCC(O)OCCO)OCCCC(O)OCCO. The van der Waals surface area contributed by atoms with Crippen molar-refractivity contribution in [3.05, 3.63) is 0 Å². The minimum Gasteiger partial charge on any atom is -0.466 e. The Labute approximate surface area is 165 Å². The second-order valence-corrected chi connectivity index (χ2v) is 6.03. The smallest absolute Gasteiger partial charge is 0.305 e. The van der Waals surface area contributed by atoms with Crippen LogP contribution in [0.15, 0.2) is 0 Å². The fraction of sp³-hybridized carbons (Fsp3) is 0.889. The van der Waals surface area contributed by atoms with Crippen molar-refractivity contribution in [3.63, 3.8) is 0 Å². The van der Waals surface area contributed by atoms with E-state index in [2.05, 4.69) is 0 Å². The van der Waals surface area contributed by atoms with Crippen molar-refractivity contribution in [2.75, 3.05) is 39.6 Å². The molecule has 4 N–H and O–H groups in total. The molecule has 0 aliphatic rings. The fourth-order valence-electron chi connectivity index (χ4n) is 2.12. The maximum absolute atomic E-state index is 11.5. The number of ether oxygens (including phenoxy) is 4. The molecule has 0 saturated heterocycles. The first kappa shape index (κ1) is 26.7. The Hall–Kier alpha value is -1.30. The molecule has 10 nitrogen and oxygen atoms in total. The zero-order valence-electron chi connectivity index (χ0n) is 16.3. The summed E-state index contributed by atoms with van der Waals surface area (Å²) in [6, 6.07) is 0. The summed E-state index contributed by atoms with van der Waals surface area (Å²) in [5.41, 5.74) is 0. The van der Waals surface area contributed by atoms with Crippen LogP contribution in [0.3, 0.4) is 0 Å². The third-order valence-electron chi connectivity index (χ3n) is 3.53. The quantitative estimate of drug-likeness (QED) is 0.128. The largest absolute Gasteiger partial charge is 0.466 e. The number of carbonyl (C=O) groups is 2. The highest BCUT2D eigenvalue weighted by Crippen LogP contribution is 2.06. The molecule has 28 heavy (non-hydrogen) atoms. The van der Waals surface area contributed by atoms with Gasteiger partial charge in [-0.3, -0.25) is 9.59 Å². The van der Waals surface area contributed by atoms with Crippen LogP contribution in [0.2, 0.25) is 0 Å². The van der Waals surface area contributed by atoms with Gasteiger partial charge in [-0.2, -0.15) is 0 Å². The van der Waals surface area contributed by atoms with Crippen LogP contribution >= 0.6 is 0 Å². The number of esters is 2. The summed E-state index contributed by atoms with van der Waals surface area (Å²) in [5, 5.41) is 35.8. The van der Waals surface area contributed by atoms with Crippen molar-refractivity contribution < 1.29 is 49.0 Å². The zero-order valence-corrected chi connectivity index (χ0v) is 16.3. The number of unbranched alkanes of at least 4 members (excludes halogenated alkanes) is 1. The van der Waals surface area contributed by atoms with E-state index in [9.17, 15) is 19.8 Å². The molecule has 0 spiro atoms. The van der Waals surface area contributed by atoms with Crippen LogP contribution in [0.25, 0.3) is 0 Å². The van der Waals surface area contributed by atoms with Gasteiger partial charge in [0, 0.05) is 25.7 Å². The molecule has 0 fully saturated rings. The van der Waals surface area contributed by atoms with E-state index in [1.165, 1.54) is 0 Å². The molecule has 0 amide bonds. The molecule has 0 saturated carbocycles. The Morgan fingerprint density at radius 1 is 0.643 bits per heavy atom. The van der Waals surface area contributed by atoms with E-state index in [-0.39, 0.29) is 64.4 Å². The van der Waals surface area contributed by atoms with E-state index in [1.54, 1.807) is 0 Å². The first-order valence-electron chi connectivity index (χ1n) is 9.62. The lowest BCUT2D eigenvalue weighted by Crippen LogP contribution is -2.16. The lowest BCUT2D eigenvalue weighted by Gasteiger charge is -2.11. The Bertz CT molecular complexity index is 355. The van der Waals surface area contributed by atoms with Crippen LogP contribution in [0.4, 0.5) is 0 Å². The highest BCUT2D eigenvalue weighted by atomic mass is 16.6. The maximum Gasteiger partial charge on any atom is 0.305 e. The summed E-state index contributed by atoms with van der Waals surface area (Å²) in [6.07, 6.45) is 0.966. The van der Waals surface area contributed by atoms with Crippen molar-refractivity contribution in [1.82, 2.24) is 0 Å². The first-order chi connectivity index (χ1) is 13.5. The summed E-state index contributed by atoms with van der Waals surface area (Å²) in [7, 11) is 0. The molecule has 0 radical (unpaired) electrons. The summed E-state index contributed by atoms with van der Waals surface area (Å²) in [6.45, 7) is 0.142. The Morgan fingerprint density at radius 3 is 1.39 bits per heavy atom. The summed E-state index contributed by atoms with van der Waals surface area (Å²) >= 11 is 0. The highest BCUT2D eigenvalue weighted by Gasteiger charge is 2.09. The Balaban J connectivity index is 3.48. The summed E-state index contributed by atoms with van der Waals surface area (Å²) in [4.78, 5) is 23.1. The number of rotatable bonds is 19. The van der Waals surface area contributed by atoms with Gasteiger partial charge in [-0.05, 0) is 25.7 Å². The van der Waals surface area contributed by atoms with Gasteiger partial charge in [0.15, 0.2) is 12.6 Å². The highest BCUT2D eigenvalue weighted by molar-refractivity contribution is 5.70. The lowest BCUT2D eigenvalue weighted by molar-refractivity contribution is -0.147. The summed E-state index contributed by atoms with van der Waals surface area (Å²) < 4.78 is 19.7. The Morgan fingerprint density at radius 2 is 1.04 bits per heavy atom. The molecule has 2 unspecified atom stereocenters. The summed E-state index contributed by atoms with van der Waals surface area (Å²) in [5.74, 6) is -0.730. The lowest BCUT2D eigenvalue weighted by atomic mass is 10.2. The van der Waals surface area contributed by atoms with Gasteiger partial charge in [0.05, 0.1) is 39.6 Å². The van der Waals surface area contributed by atoms with Crippen LogP contribution in [-0.2, 0) is 28.5 Å². The minimum atomic E-state index is -0.979. The van der Waals surface area contributed by atoms with Crippen LogP contribution in [0.5, 0.6) is 0 Å². The number of carbonyl (C=O) groups excluding carboxylic acids is 2. The van der Waals surface area contributed by atoms with Crippen LogP contribution in [-0.4, -0.2) is 84.6 Å². The number of aliphatic hydroxyl groups excluding tert-OH is 4. The molecule has 0 aliphatic carbocycles. The molecule has 0 aliphatic heterocycles. The molecule has 0 aromatic heterocycles. The third kappa shape index (κ3) is 18.1. The molecular formula is C18H34O10. The minimum absolute atomic E-state index is 0.0599.